The summed E-state index contributed by atoms with van der Waals surface area (Å²) in [6, 6.07) is 0. The first kappa shape index (κ1) is 41.8. The smallest absolute Gasteiger partial charge is 0.314 e. The molecule has 11 heteroatoms. The van der Waals surface area contributed by atoms with E-state index >= 15 is 0 Å². The van der Waals surface area contributed by atoms with Crippen molar-refractivity contribution in [3.05, 3.63) is 60.3 Å². The van der Waals surface area contributed by atoms with Gasteiger partial charge >= 0.3 is 5.97 Å². The lowest BCUT2D eigenvalue weighted by atomic mass is 9.87. The van der Waals surface area contributed by atoms with Crippen molar-refractivity contribution in [2.45, 2.75) is 146 Å². The normalized spacial score (nSPS) is 38.6. The zero-order chi connectivity index (χ0) is 34.6. The van der Waals surface area contributed by atoms with Gasteiger partial charge in [0.2, 0.25) is 0 Å². The minimum Gasteiger partial charge on any atom is -0.459 e. The van der Waals surface area contributed by atoms with E-state index in [-0.39, 0.29) is 44.9 Å². The van der Waals surface area contributed by atoms with Crippen LogP contribution in [0.15, 0.2) is 60.3 Å². The number of rotatable bonds is 5. The summed E-state index contributed by atoms with van der Waals surface area (Å²) >= 11 is 0. The van der Waals surface area contributed by atoms with E-state index in [4.69, 9.17) is 4.74 Å². The van der Waals surface area contributed by atoms with Gasteiger partial charge < -0.3 is 50.7 Å². The number of hydrogen-bond donors (Lipinski definition) is 9. The van der Waals surface area contributed by atoms with Crippen LogP contribution in [-0.4, -0.2) is 113 Å². The Hall–Kier alpha value is -2.19. The lowest BCUT2D eigenvalue weighted by Crippen LogP contribution is -2.43. The molecule has 1 aliphatic rings. The molecule has 0 aromatic rings. The van der Waals surface area contributed by atoms with Gasteiger partial charge in [0.1, 0.15) is 18.1 Å². The summed E-state index contributed by atoms with van der Waals surface area (Å²) < 4.78 is 5.42. The van der Waals surface area contributed by atoms with Crippen LogP contribution in [0.2, 0.25) is 0 Å². The Balaban J connectivity index is 3.14. The third-order valence-corrected chi connectivity index (χ3v) is 8.03. The van der Waals surface area contributed by atoms with E-state index in [1.54, 1.807) is 55.5 Å². The van der Waals surface area contributed by atoms with Crippen molar-refractivity contribution in [1.29, 1.82) is 0 Å². The highest BCUT2D eigenvalue weighted by Crippen LogP contribution is 2.24. The molecule has 0 amide bonds. The first-order valence-electron chi connectivity index (χ1n) is 16.4. The van der Waals surface area contributed by atoms with Crippen LogP contribution in [-0.2, 0) is 9.53 Å². The zero-order valence-corrected chi connectivity index (χ0v) is 27.5. The average molecular weight is 655 g/mol. The number of cyclic esters (lactones) is 1. The second kappa shape index (κ2) is 23.2. The minimum absolute atomic E-state index is 0.0162. The maximum atomic E-state index is 13.1. The molecule has 0 saturated heterocycles. The highest BCUT2D eigenvalue weighted by molar-refractivity contribution is 5.74. The number of allylic oxidation sites excluding steroid dienone is 8. The second-order valence-electron chi connectivity index (χ2n) is 12.4. The van der Waals surface area contributed by atoms with Gasteiger partial charge in [0, 0.05) is 12.8 Å². The number of aliphatic hydroxyl groups is 9. The van der Waals surface area contributed by atoms with Gasteiger partial charge in [-0.25, -0.2) is 0 Å². The fourth-order valence-corrected chi connectivity index (χ4v) is 5.27. The van der Waals surface area contributed by atoms with E-state index in [1.807, 2.05) is 6.92 Å². The van der Waals surface area contributed by atoms with Crippen molar-refractivity contribution in [3.8, 4) is 0 Å². The Morgan fingerprint density at radius 1 is 0.717 bits per heavy atom. The van der Waals surface area contributed by atoms with Crippen LogP contribution in [0.25, 0.3) is 0 Å². The molecular weight excluding hydrogens is 596 g/mol. The number of aliphatic hydroxyl groups excluding tert-OH is 9. The van der Waals surface area contributed by atoms with Gasteiger partial charge in [-0.1, -0.05) is 80.9 Å². The molecule has 0 aliphatic carbocycles. The van der Waals surface area contributed by atoms with Crippen LogP contribution >= 0.6 is 0 Å². The van der Waals surface area contributed by atoms with Crippen LogP contribution in [0, 0.1) is 5.92 Å². The standard InChI is InChI=1S/C35H58O11/c1-4-5-11-16-31(42)34-33(44)22-29(40)20-27(38)18-25(36)17-26(37)19-28(39)21-32(43)23(2)14-12-9-7-6-8-10-13-15-30(41)24(3)46-35(34)45/h6-10,12-15,24-34,36-44H,4-5,11,16-22H2,1-3H3/b7-6+,10-8+,12-9+,15-13+,23-14-/t24-,25+,26-,27+,28+,29+,30+,31+,32+,33+,34+/m1/s1. The zero-order valence-electron chi connectivity index (χ0n) is 27.5. The largest absolute Gasteiger partial charge is 0.459 e. The van der Waals surface area contributed by atoms with Gasteiger partial charge in [-0.15, -0.1) is 0 Å². The SMILES string of the molecule is CCCCC[C@H](O)[C@@H]1C(=O)O[C@H](C)[C@@H](O)/C=C/C=C/C=C/C=C/C=C(/C)[C@@H](O)C[C@@H](O)C[C@H](O)C[C@H](O)C[C@H](O)C[C@H](O)C[C@@H]1O. The predicted octanol–water partition coefficient (Wildman–Crippen LogP) is 1.89. The monoisotopic (exact) mass is 654 g/mol. The molecule has 11 nitrogen and oxygen atoms in total. The van der Waals surface area contributed by atoms with Crippen molar-refractivity contribution in [2.24, 2.45) is 5.92 Å². The van der Waals surface area contributed by atoms with Gasteiger partial charge in [0.15, 0.2) is 0 Å². The molecule has 1 heterocycles. The Morgan fingerprint density at radius 3 is 1.74 bits per heavy atom. The molecule has 1 aliphatic heterocycles. The number of carbonyl (C=O) groups excluding carboxylic acids is 1. The Kier molecular flexibility index (Phi) is 21.1. The highest BCUT2D eigenvalue weighted by atomic mass is 16.6. The van der Waals surface area contributed by atoms with Crippen LogP contribution in [0.5, 0.6) is 0 Å². The van der Waals surface area contributed by atoms with E-state index in [1.165, 1.54) is 13.0 Å². The molecule has 0 radical (unpaired) electrons. The summed E-state index contributed by atoms with van der Waals surface area (Å²) in [5, 5.41) is 94.8. The molecular formula is C35H58O11. The fraction of sp³-hybridized carbons (Fsp3) is 0.686. The van der Waals surface area contributed by atoms with Crippen LogP contribution in [0.4, 0.5) is 0 Å². The van der Waals surface area contributed by atoms with Gasteiger partial charge in [-0.3, -0.25) is 4.79 Å². The Labute approximate surface area is 273 Å². The molecule has 9 N–H and O–H groups in total. The van der Waals surface area contributed by atoms with Crippen LogP contribution in [0.1, 0.15) is 85.0 Å². The predicted molar refractivity (Wildman–Crippen MR) is 175 cm³/mol. The van der Waals surface area contributed by atoms with Gasteiger partial charge in [-0.2, -0.15) is 0 Å². The van der Waals surface area contributed by atoms with Crippen molar-refractivity contribution >= 4 is 5.97 Å². The van der Waals surface area contributed by atoms with E-state index in [0.717, 1.165) is 12.8 Å². The van der Waals surface area contributed by atoms with Crippen molar-refractivity contribution in [3.63, 3.8) is 0 Å². The average Bonchev–Trinajstić information content (AvgIpc) is 2.94. The van der Waals surface area contributed by atoms with Crippen molar-refractivity contribution < 1.29 is 55.5 Å². The molecule has 1 rings (SSSR count). The lowest BCUT2D eigenvalue weighted by molar-refractivity contribution is -0.168. The third-order valence-electron chi connectivity index (χ3n) is 8.03. The van der Waals surface area contributed by atoms with Crippen LogP contribution in [0.3, 0.4) is 0 Å². The van der Waals surface area contributed by atoms with Gasteiger partial charge in [0.05, 0.1) is 48.8 Å². The maximum absolute atomic E-state index is 13.1. The Bertz CT molecular complexity index is 991. The molecule has 0 spiro atoms. The molecule has 264 valence electrons. The first-order chi connectivity index (χ1) is 21.7. The summed E-state index contributed by atoms with van der Waals surface area (Å²) in [6.45, 7) is 5.18. The Morgan fingerprint density at radius 2 is 1.20 bits per heavy atom. The number of ether oxygens (including phenoxy) is 1. The molecule has 11 atom stereocenters. The summed E-state index contributed by atoms with van der Waals surface area (Å²) in [7, 11) is 0. The highest BCUT2D eigenvalue weighted by Gasteiger charge is 2.37. The van der Waals surface area contributed by atoms with E-state index in [9.17, 15) is 50.8 Å². The third kappa shape index (κ3) is 17.7. The topological polar surface area (TPSA) is 208 Å². The maximum Gasteiger partial charge on any atom is 0.314 e. The second-order valence-corrected chi connectivity index (χ2v) is 12.4. The number of esters is 1. The van der Waals surface area contributed by atoms with E-state index < -0.39 is 72.9 Å². The summed E-state index contributed by atoms with van der Waals surface area (Å²) in [6.07, 6.45) is 4.69. The van der Waals surface area contributed by atoms with Crippen LogP contribution < -0.4 is 0 Å². The molecule has 0 saturated carbocycles. The summed E-state index contributed by atoms with van der Waals surface area (Å²) in [5.41, 5.74) is 0.609. The summed E-state index contributed by atoms with van der Waals surface area (Å²) in [5.74, 6) is -2.33. The molecule has 0 bridgehead atoms. The van der Waals surface area contributed by atoms with Gasteiger partial charge in [-0.05, 0) is 51.5 Å². The quantitative estimate of drug-likeness (QED) is 0.154. The number of carbonyl (C=O) groups is 1. The van der Waals surface area contributed by atoms with Crippen molar-refractivity contribution in [1.82, 2.24) is 0 Å². The lowest BCUT2D eigenvalue weighted by Gasteiger charge is -2.29. The molecule has 0 unspecified atom stereocenters. The minimum atomic E-state index is -1.52. The van der Waals surface area contributed by atoms with E-state index in [0.29, 0.717) is 12.0 Å². The molecule has 0 fully saturated rings. The summed E-state index contributed by atoms with van der Waals surface area (Å²) in [4.78, 5) is 13.1. The molecule has 0 aromatic heterocycles. The number of hydrogen-bond acceptors (Lipinski definition) is 11. The fourth-order valence-electron chi connectivity index (χ4n) is 5.27. The van der Waals surface area contributed by atoms with Crippen molar-refractivity contribution in [2.75, 3.05) is 0 Å². The van der Waals surface area contributed by atoms with E-state index in [2.05, 4.69) is 0 Å². The van der Waals surface area contributed by atoms with Gasteiger partial charge in [0.25, 0.3) is 0 Å². The number of unbranched alkanes of at least 4 members (excludes halogenated alkanes) is 2. The molecule has 46 heavy (non-hydrogen) atoms. The first-order valence-corrected chi connectivity index (χ1v) is 16.4. The molecule has 0 aromatic carbocycles.